The number of nitrogens with two attached hydrogens (primary N) is 1. The highest BCUT2D eigenvalue weighted by molar-refractivity contribution is 5.78. The molecule has 98 valence electrons. The molecule has 5 nitrogen and oxygen atoms in total. The van der Waals surface area contributed by atoms with E-state index in [1.165, 1.54) is 0 Å². The van der Waals surface area contributed by atoms with Gasteiger partial charge < -0.3 is 20.6 Å². The molecule has 0 saturated carbocycles. The van der Waals surface area contributed by atoms with Crippen LogP contribution in [0.3, 0.4) is 0 Å². The fraction of sp³-hybridized carbons (Fsp3) is 0.462. The van der Waals surface area contributed by atoms with E-state index in [0.29, 0.717) is 17.6 Å². The predicted molar refractivity (Wildman–Crippen MR) is 72.4 cm³/mol. The molecule has 1 aromatic carbocycles. The zero-order valence-electron chi connectivity index (χ0n) is 10.5. The maximum atomic E-state index is 8.93. The number of nitrogen functional groups attached to an aromatic ring is 1. The van der Waals surface area contributed by atoms with Crippen molar-refractivity contribution in [2.24, 2.45) is 5.92 Å². The maximum Gasteiger partial charge on any atom is 0.295 e. The number of hydrogen-bond donors (Lipinski definition) is 3. The lowest BCUT2D eigenvalue weighted by atomic mass is 10.0. The molecule has 0 radical (unpaired) electrons. The fourth-order valence-electron chi connectivity index (χ4n) is 1.88. The summed E-state index contributed by atoms with van der Waals surface area (Å²) in [6, 6.07) is 5.90. The van der Waals surface area contributed by atoms with E-state index in [4.69, 9.17) is 15.3 Å². The second kappa shape index (κ2) is 5.73. The molecule has 4 N–H and O–H groups in total. The highest BCUT2D eigenvalue weighted by Gasteiger charge is 2.09. The average molecular weight is 249 g/mol. The van der Waals surface area contributed by atoms with Crippen LogP contribution in [0.5, 0.6) is 0 Å². The first kappa shape index (κ1) is 12.7. The van der Waals surface area contributed by atoms with Crippen molar-refractivity contribution in [3.63, 3.8) is 0 Å². The third-order valence-corrected chi connectivity index (χ3v) is 3.07. The summed E-state index contributed by atoms with van der Waals surface area (Å²) in [5, 5.41) is 12.1. The Bertz CT molecular complexity index is 510. The number of nitrogens with one attached hydrogen (secondary N) is 1. The smallest absolute Gasteiger partial charge is 0.295 e. The van der Waals surface area contributed by atoms with E-state index in [1.807, 2.05) is 6.07 Å². The van der Waals surface area contributed by atoms with E-state index >= 15 is 0 Å². The Kier molecular flexibility index (Phi) is 4.04. The molecule has 1 unspecified atom stereocenters. The lowest BCUT2D eigenvalue weighted by molar-refractivity contribution is 0.258. The van der Waals surface area contributed by atoms with Gasteiger partial charge in [0.25, 0.3) is 6.01 Å². The van der Waals surface area contributed by atoms with Crippen molar-refractivity contribution in [2.45, 2.75) is 19.8 Å². The van der Waals surface area contributed by atoms with Gasteiger partial charge in [0.1, 0.15) is 5.52 Å². The van der Waals surface area contributed by atoms with Crippen LogP contribution in [-0.4, -0.2) is 23.2 Å². The van der Waals surface area contributed by atoms with E-state index in [1.54, 1.807) is 12.1 Å². The van der Waals surface area contributed by atoms with Gasteiger partial charge in [-0.05, 0) is 30.5 Å². The summed E-state index contributed by atoms with van der Waals surface area (Å²) in [5.41, 5.74) is 7.84. The summed E-state index contributed by atoms with van der Waals surface area (Å²) in [6.45, 7) is 3.07. The molecule has 5 heteroatoms. The van der Waals surface area contributed by atoms with Crippen molar-refractivity contribution in [3.8, 4) is 0 Å². The summed E-state index contributed by atoms with van der Waals surface area (Å²) in [6.07, 6.45) is 1.80. The maximum absolute atomic E-state index is 8.93. The Morgan fingerprint density at radius 2 is 2.33 bits per heavy atom. The zero-order chi connectivity index (χ0) is 13.0. The molecule has 1 atom stereocenters. The number of anilines is 2. The number of benzene rings is 1. The molecule has 2 rings (SSSR count). The van der Waals surface area contributed by atoms with Crippen LogP contribution in [0.1, 0.15) is 19.8 Å². The zero-order valence-corrected chi connectivity index (χ0v) is 10.5. The lowest BCUT2D eigenvalue weighted by Gasteiger charge is -2.12. The first-order valence-corrected chi connectivity index (χ1v) is 6.23. The van der Waals surface area contributed by atoms with Gasteiger partial charge in [0.15, 0.2) is 5.58 Å². The third kappa shape index (κ3) is 2.92. The molecule has 0 aliphatic rings. The SMILES string of the molecule is CCC(CCO)CNc1nc2cc(N)ccc2o1. The Balaban J connectivity index is 2.03. The van der Waals surface area contributed by atoms with Gasteiger partial charge in [-0.25, -0.2) is 0 Å². The molecular weight excluding hydrogens is 230 g/mol. The highest BCUT2D eigenvalue weighted by atomic mass is 16.4. The van der Waals surface area contributed by atoms with Crippen LogP contribution >= 0.6 is 0 Å². The number of aliphatic hydroxyl groups is 1. The Morgan fingerprint density at radius 3 is 3.06 bits per heavy atom. The second-order valence-corrected chi connectivity index (χ2v) is 4.41. The topological polar surface area (TPSA) is 84.3 Å². The average Bonchev–Trinajstić information content (AvgIpc) is 2.76. The molecule has 0 fully saturated rings. The molecule has 1 aromatic heterocycles. The third-order valence-electron chi connectivity index (χ3n) is 3.07. The molecule has 18 heavy (non-hydrogen) atoms. The van der Waals surface area contributed by atoms with Gasteiger partial charge >= 0.3 is 0 Å². The summed E-state index contributed by atoms with van der Waals surface area (Å²) >= 11 is 0. The minimum Gasteiger partial charge on any atom is -0.424 e. The Morgan fingerprint density at radius 1 is 1.50 bits per heavy atom. The van der Waals surface area contributed by atoms with Crippen LogP contribution in [0.15, 0.2) is 22.6 Å². The minimum absolute atomic E-state index is 0.213. The molecule has 2 aromatic rings. The fourth-order valence-corrected chi connectivity index (χ4v) is 1.88. The van der Waals surface area contributed by atoms with Gasteiger partial charge in [0.05, 0.1) is 0 Å². The van der Waals surface area contributed by atoms with E-state index in [2.05, 4.69) is 17.2 Å². The van der Waals surface area contributed by atoms with E-state index in [-0.39, 0.29) is 6.61 Å². The second-order valence-electron chi connectivity index (χ2n) is 4.41. The van der Waals surface area contributed by atoms with Crippen LogP contribution < -0.4 is 11.1 Å². The molecule has 0 spiro atoms. The first-order chi connectivity index (χ1) is 8.72. The van der Waals surface area contributed by atoms with Crippen molar-refractivity contribution < 1.29 is 9.52 Å². The van der Waals surface area contributed by atoms with Crippen LogP contribution in [0.4, 0.5) is 11.7 Å². The van der Waals surface area contributed by atoms with Crippen LogP contribution in [-0.2, 0) is 0 Å². The van der Waals surface area contributed by atoms with Gasteiger partial charge in [-0.15, -0.1) is 0 Å². The minimum atomic E-state index is 0.213. The monoisotopic (exact) mass is 249 g/mol. The molecule has 0 amide bonds. The summed E-state index contributed by atoms with van der Waals surface area (Å²) in [5.74, 6) is 0.426. The number of aromatic nitrogens is 1. The largest absolute Gasteiger partial charge is 0.424 e. The Labute approximate surface area is 106 Å². The standard InChI is InChI=1S/C13H19N3O2/c1-2-9(5-6-17)8-15-13-16-11-7-10(14)3-4-12(11)18-13/h3-4,7,9,17H,2,5-6,8,14H2,1H3,(H,15,16). The van der Waals surface area contributed by atoms with Crippen molar-refractivity contribution in [3.05, 3.63) is 18.2 Å². The van der Waals surface area contributed by atoms with Crippen LogP contribution in [0, 0.1) is 5.92 Å². The quantitative estimate of drug-likeness (QED) is 0.684. The van der Waals surface area contributed by atoms with E-state index in [9.17, 15) is 0 Å². The van der Waals surface area contributed by atoms with Gasteiger partial charge in [0.2, 0.25) is 0 Å². The summed E-state index contributed by atoms with van der Waals surface area (Å²) in [7, 11) is 0. The van der Waals surface area contributed by atoms with Gasteiger partial charge in [-0.1, -0.05) is 13.3 Å². The number of aliphatic hydroxyl groups excluding tert-OH is 1. The molecule has 0 aliphatic carbocycles. The van der Waals surface area contributed by atoms with E-state index in [0.717, 1.165) is 30.5 Å². The lowest BCUT2D eigenvalue weighted by Crippen LogP contribution is -2.15. The molecular formula is C13H19N3O2. The number of fused-ring (bicyclic) bond motifs is 1. The number of nitrogens with zero attached hydrogens (tertiary/aromatic N) is 1. The first-order valence-electron chi connectivity index (χ1n) is 6.23. The number of oxazole rings is 1. The van der Waals surface area contributed by atoms with Crippen molar-refractivity contribution >= 4 is 22.8 Å². The van der Waals surface area contributed by atoms with Crippen molar-refractivity contribution in [1.82, 2.24) is 4.98 Å². The molecule has 0 aliphatic heterocycles. The summed E-state index contributed by atoms with van der Waals surface area (Å²) in [4.78, 5) is 4.32. The van der Waals surface area contributed by atoms with Gasteiger partial charge in [0, 0.05) is 18.8 Å². The molecule has 1 heterocycles. The molecule has 0 saturated heterocycles. The normalized spacial score (nSPS) is 12.8. The van der Waals surface area contributed by atoms with Gasteiger partial charge in [-0.2, -0.15) is 4.98 Å². The van der Waals surface area contributed by atoms with Crippen LogP contribution in [0.2, 0.25) is 0 Å². The van der Waals surface area contributed by atoms with Crippen molar-refractivity contribution in [2.75, 3.05) is 24.2 Å². The number of rotatable bonds is 6. The Hall–Kier alpha value is -1.75. The van der Waals surface area contributed by atoms with Gasteiger partial charge in [-0.3, -0.25) is 0 Å². The molecule has 0 bridgehead atoms. The summed E-state index contributed by atoms with van der Waals surface area (Å²) < 4.78 is 5.56. The van der Waals surface area contributed by atoms with Crippen molar-refractivity contribution in [1.29, 1.82) is 0 Å². The van der Waals surface area contributed by atoms with Crippen LogP contribution in [0.25, 0.3) is 11.1 Å². The van der Waals surface area contributed by atoms with E-state index < -0.39 is 0 Å². The highest BCUT2D eigenvalue weighted by Crippen LogP contribution is 2.21. The number of hydrogen-bond acceptors (Lipinski definition) is 5. The predicted octanol–water partition coefficient (Wildman–Crippen LogP) is 2.23.